The molecule has 10 heteroatoms. The molecule has 0 aromatic rings. The lowest BCUT2D eigenvalue weighted by Gasteiger charge is -2.33. The molecule has 0 N–H and O–H groups in total. The maximum Gasteiger partial charge on any atom is 0.350 e. The Morgan fingerprint density at radius 1 is 0.870 bits per heavy atom. The van der Waals surface area contributed by atoms with Gasteiger partial charge in [0.1, 0.15) is 5.54 Å². The second-order valence-corrected chi connectivity index (χ2v) is 8.07. The lowest BCUT2D eigenvalue weighted by Crippen LogP contribution is -2.44. The SMILES string of the molecule is CC1(C)C(=O)N(SN2CCOCC2)C(=O)N1SN1CCOCC1. The van der Waals surface area contributed by atoms with Crippen LogP contribution in [0.5, 0.6) is 0 Å². The Morgan fingerprint density at radius 3 is 1.87 bits per heavy atom. The van der Waals surface area contributed by atoms with Crippen LogP contribution in [0, 0.1) is 0 Å². The minimum atomic E-state index is -0.862. The van der Waals surface area contributed by atoms with Gasteiger partial charge in [-0.1, -0.05) is 0 Å². The predicted molar refractivity (Wildman–Crippen MR) is 88.1 cm³/mol. The number of hydrogen-bond acceptors (Lipinski definition) is 8. The molecule has 3 aliphatic heterocycles. The Labute approximate surface area is 144 Å². The van der Waals surface area contributed by atoms with Crippen molar-refractivity contribution in [3.63, 3.8) is 0 Å². The summed E-state index contributed by atoms with van der Waals surface area (Å²) in [5.41, 5.74) is -0.862. The van der Waals surface area contributed by atoms with E-state index >= 15 is 0 Å². The number of imide groups is 1. The van der Waals surface area contributed by atoms with E-state index in [1.54, 1.807) is 18.2 Å². The Kier molecular flexibility index (Phi) is 5.39. The fraction of sp³-hybridized carbons (Fsp3) is 0.846. The number of hydrogen-bond donors (Lipinski definition) is 0. The third kappa shape index (κ3) is 3.62. The molecule has 3 rings (SSSR count). The number of carbonyl (C=O) groups is 2. The van der Waals surface area contributed by atoms with Crippen LogP contribution in [0.4, 0.5) is 4.79 Å². The number of rotatable bonds is 4. The van der Waals surface area contributed by atoms with E-state index in [0.29, 0.717) is 39.5 Å². The van der Waals surface area contributed by atoms with Crippen molar-refractivity contribution in [1.82, 2.24) is 17.2 Å². The normalized spacial score (nSPS) is 27.0. The van der Waals surface area contributed by atoms with E-state index in [9.17, 15) is 9.59 Å². The smallest absolute Gasteiger partial charge is 0.350 e. The molecule has 0 aromatic carbocycles. The van der Waals surface area contributed by atoms with Crippen molar-refractivity contribution in [2.45, 2.75) is 19.4 Å². The van der Waals surface area contributed by atoms with Gasteiger partial charge in [0.2, 0.25) is 0 Å². The molecule has 23 heavy (non-hydrogen) atoms. The molecule has 0 aromatic heterocycles. The van der Waals surface area contributed by atoms with Gasteiger partial charge in [-0.15, -0.1) is 0 Å². The second-order valence-electron chi connectivity index (χ2n) is 5.98. The monoisotopic (exact) mass is 362 g/mol. The van der Waals surface area contributed by atoms with Crippen molar-refractivity contribution in [2.24, 2.45) is 0 Å². The van der Waals surface area contributed by atoms with E-state index in [0.717, 1.165) is 13.1 Å². The van der Waals surface area contributed by atoms with Crippen LogP contribution in [0.15, 0.2) is 0 Å². The van der Waals surface area contributed by atoms with E-state index in [4.69, 9.17) is 9.47 Å². The second kappa shape index (κ2) is 7.16. The molecule has 0 atom stereocenters. The van der Waals surface area contributed by atoms with Gasteiger partial charge in [0.05, 0.1) is 38.6 Å². The first-order chi connectivity index (χ1) is 11.0. The van der Waals surface area contributed by atoms with Gasteiger partial charge in [-0.2, -0.15) is 4.31 Å². The molecule has 0 radical (unpaired) electrons. The highest BCUT2D eigenvalue weighted by Gasteiger charge is 2.54. The summed E-state index contributed by atoms with van der Waals surface area (Å²) in [6.07, 6.45) is 0. The molecule has 0 spiro atoms. The molecular formula is C13H22N4O4S2. The maximum absolute atomic E-state index is 12.8. The Bertz CT molecular complexity index is 467. The number of urea groups is 1. The largest absolute Gasteiger partial charge is 0.379 e. The number of amides is 3. The lowest BCUT2D eigenvalue weighted by atomic mass is 10.1. The summed E-state index contributed by atoms with van der Waals surface area (Å²) in [4.78, 5) is 25.4. The van der Waals surface area contributed by atoms with Crippen molar-refractivity contribution in [3.8, 4) is 0 Å². The van der Waals surface area contributed by atoms with Gasteiger partial charge in [0, 0.05) is 38.3 Å². The van der Waals surface area contributed by atoms with Gasteiger partial charge < -0.3 is 9.47 Å². The van der Waals surface area contributed by atoms with Gasteiger partial charge in [0.25, 0.3) is 5.91 Å². The Balaban J connectivity index is 1.67. The topological polar surface area (TPSA) is 65.6 Å². The van der Waals surface area contributed by atoms with Crippen LogP contribution in [0.3, 0.4) is 0 Å². The molecule has 3 amide bonds. The minimum Gasteiger partial charge on any atom is -0.379 e. The molecule has 0 unspecified atom stereocenters. The molecule has 130 valence electrons. The standard InChI is InChI=1S/C13H22N4O4S2/c1-13(2)11(18)16(22-14-3-7-20-8-4-14)12(19)17(13)23-15-5-9-21-10-6-15/h3-10H2,1-2H3. The zero-order valence-electron chi connectivity index (χ0n) is 13.4. The molecule has 0 aliphatic carbocycles. The average molecular weight is 362 g/mol. The van der Waals surface area contributed by atoms with E-state index < -0.39 is 5.54 Å². The third-order valence-corrected chi connectivity index (χ3v) is 6.35. The van der Waals surface area contributed by atoms with Gasteiger partial charge in [-0.25, -0.2) is 17.7 Å². The Morgan fingerprint density at radius 2 is 1.35 bits per heavy atom. The summed E-state index contributed by atoms with van der Waals surface area (Å²) in [5.74, 6) is -0.181. The molecule has 3 saturated heterocycles. The van der Waals surface area contributed by atoms with Crippen LogP contribution in [0.2, 0.25) is 0 Å². The van der Waals surface area contributed by atoms with Gasteiger partial charge in [-0.3, -0.25) is 4.79 Å². The van der Waals surface area contributed by atoms with Crippen LogP contribution in [0.1, 0.15) is 13.8 Å². The van der Waals surface area contributed by atoms with Crippen LogP contribution < -0.4 is 0 Å². The van der Waals surface area contributed by atoms with E-state index in [1.807, 2.05) is 4.31 Å². The quantitative estimate of drug-likeness (QED) is 0.538. The molecule has 3 aliphatic rings. The van der Waals surface area contributed by atoms with Crippen LogP contribution in [0.25, 0.3) is 0 Å². The van der Waals surface area contributed by atoms with Crippen LogP contribution >= 0.6 is 24.3 Å². The molecule has 8 nitrogen and oxygen atoms in total. The molecule has 0 saturated carbocycles. The Hall–Kier alpha value is -0.520. The van der Waals surface area contributed by atoms with E-state index in [1.165, 1.54) is 28.6 Å². The zero-order valence-corrected chi connectivity index (χ0v) is 15.0. The molecule has 3 fully saturated rings. The summed E-state index contributed by atoms with van der Waals surface area (Å²) in [6, 6.07) is -0.270. The van der Waals surface area contributed by atoms with E-state index in [2.05, 4.69) is 4.31 Å². The summed E-state index contributed by atoms with van der Waals surface area (Å²) >= 11 is 2.53. The molecule has 0 bridgehead atoms. The molecule has 3 heterocycles. The lowest BCUT2D eigenvalue weighted by molar-refractivity contribution is -0.127. The first-order valence-corrected chi connectivity index (χ1v) is 9.16. The van der Waals surface area contributed by atoms with Gasteiger partial charge in [0.15, 0.2) is 0 Å². The minimum absolute atomic E-state index is 0.181. The van der Waals surface area contributed by atoms with Crippen molar-refractivity contribution < 1.29 is 19.1 Å². The summed E-state index contributed by atoms with van der Waals surface area (Å²) in [5, 5.41) is 0. The number of morpholine rings is 2. The number of carbonyl (C=O) groups excluding carboxylic acids is 2. The summed E-state index contributed by atoms with van der Waals surface area (Å²) in [7, 11) is 0. The fourth-order valence-electron chi connectivity index (χ4n) is 2.44. The highest BCUT2D eigenvalue weighted by molar-refractivity contribution is 7.97. The highest BCUT2D eigenvalue weighted by atomic mass is 32.2. The number of nitrogens with zero attached hydrogens (tertiary/aromatic N) is 4. The van der Waals surface area contributed by atoms with Gasteiger partial charge in [-0.05, 0) is 13.8 Å². The zero-order chi connectivity index (χ0) is 16.4. The first-order valence-electron chi connectivity index (χ1n) is 7.70. The van der Waals surface area contributed by atoms with E-state index in [-0.39, 0.29) is 11.9 Å². The van der Waals surface area contributed by atoms with Crippen molar-refractivity contribution in [3.05, 3.63) is 0 Å². The van der Waals surface area contributed by atoms with Crippen molar-refractivity contribution in [2.75, 3.05) is 52.6 Å². The average Bonchev–Trinajstić information content (AvgIpc) is 2.72. The molecular weight excluding hydrogens is 340 g/mol. The first kappa shape index (κ1) is 17.3. The van der Waals surface area contributed by atoms with Crippen molar-refractivity contribution >= 4 is 36.2 Å². The van der Waals surface area contributed by atoms with Crippen molar-refractivity contribution in [1.29, 1.82) is 0 Å². The number of ether oxygens (including phenoxy) is 2. The third-order valence-electron chi connectivity index (χ3n) is 3.90. The summed E-state index contributed by atoms with van der Waals surface area (Å²) < 4.78 is 17.6. The fourth-order valence-corrected chi connectivity index (χ4v) is 4.46. The predicted octanol–water partition coefficient (Wildman–Crippen LogP) is 0.820. The summed E-state index contributed by atoms with van der Waals surface area (Å²) in [6.45, 7) is 9.03. The highest BCUT2D eigenvalue weighted by Crippen LogP contribution is 2.39. The maximum atomic E-state index is 12.8. The van der Waals surface area contributed by atoms with Crippen LogP contribution in [-0.4, -0.2) is 87.3 Å². The van der Waals surface area contributed by atoms with Crippen LogP contribution in [-0.2, 0) is 14.3 Å². The van der Waals surface area contributed by atoms with Gasteiger partial charge >= 0.3 is 6.03 Å².